The second-order valence-corrected chi connectivity index (χ2v) is 6.18. The van der Waals surface area contributed by atoms with Gasteiger partial charge in [-0.15, -0.1) is 0 Å². The van der Waals surface area contributed by atoms with Crippen LogP contribution in [0.15, 0.2) is 48.5 Å². The number of amides is 1. The first-order valence-corrected chi connectivity index (χ1v) is 8.58. The summed E-state index contributed by atoms with van der Waals surface area (Å²) in [6.07, 6.45) is 5.08. The second-order valence-electron chi connectivity index (χ2n) is 6.18. The molecule has 5 heteroatoms. The minimum Gasteiger partial charge on any atom is -0.497 e. The van der Waals surface area contributed by atoms with E-state index < -0.39 is 0 Å². The van der Waals surface area contributed by atoms with E-state index in [0.29, 0.717) is 6.54 Å². The topological polar surface area (TPSA) is 38.8 Å². The lowest BCUT2D eigenvalue weighted by Crippen LogP contribution is -2.29. The van der Waals surface area contributed by atoms with Crippen LogP contribution in [0.1, 0.15) is 30.0 Å². The van der Waals surface area contributed by atoms with E-state index in [4.69, 9.17) is 9.47 Å². The molecule has 4 nitrogen and oxygen atoms in total. The van der Waals surface area contributed by atoms with Gasteiger partial charge >= 0.3 is 0 Å². The maximum atomic E-state index is 13.0. The van der Waals surface area contributed by atoms with Crippen molar-refractivity contribution in [1.29, 1.82) is 0 Å². The summed E-state index contributed by atoms with van der Waals surface area (Å²) in [5.74, 6) is 1.09. The average Bonchev–Trinajstić information content (AvgIpc) is 3.16. The summed E-state index contributed by atoms with van der Waals surface area (Å²) in [5, 5.41) is 0. The molecule has 1 aliphatic rings. The maximum absolute atomic E-state index is 13.0. The highest BCUT2D eigenvalue weighted by molar-refractivity contribution is 5.92. The monoisotopic (exact) mass is 355 g/mol. The molecule has 0 bridgehead atoms. The number of methoxy groups -OCH3 is 2. The first kappa shape index (κ1) is 18.0. The van der Waals surface area contributed by atoms with Crippen LogP contribution in [-0.2, 0) is 4.79 Å². The van der Waals surface area contributed by atoms with E-state index in [9.17, 15) is 9.18 Å². The predicted octanol–water partition coefficient (Wildman–Crippen LogP) is 4.22. The lowest BCUT2D eigenvalue weighted by Gasteiger charge is -2.25. The lowest BCUT2D eigenvalue weighted by atomic mass is 10.0. The van der Waals surface area contributed by atoms with E-state index in [0.717, 1.165) is 35.5 Å². The van der Waals surface area contributed by atoms with Crippen LogP contribution >= 0.6 is 0 Å². The zero-order valence-electron chi connectivity index (χ0n) is 14.9. The highest BCUT2D eigenvalue weighted by atomic mass is 19.1. The van der Waals surface area contributed by atoms with Crippen molar-refractivity contribution in [3.8, 4) is 11.5 Å². The van der Waals surface area contributed by atoms with E-state index in [1.54, 1.807) is 38.5 Å². The Morgan fingerprint density at radius 3 is 2.62 bits per heavy atom. The molecule has 0 aliphatic carbocycles. The van der Waals surface area contributed by atoms with Crippen molar-refractivity contribution in [2.45, 2.75) is 18.9 Å². The highest BCUT2D eigenvalue weighted by Gasteiger charge is 2.30. The number of carbonyl (C=O) groups excluding carboxylic acids is 1. The molecule has 0 saturated carbocycles. The number of nitrogens with zero attached hydrogens (tertiary/aromatic N) is 1. The van der Waals surface area contributed by atoms with Crippen molar-refractivity contribution < 1.29 is 18.7 Å². The Hall–Kier alpha value is -2.82. The van der Waals surface area contributed by atoms with Crippen molar-refractivity contribution in [1.82, 2.24) is 4.90 Å². The number of benzene rings is 2. The molecule has 136 valence electrons. The van der Waals surface area contributed by atoms with Gasteiger partial charge in [-0.2, -0.15) is 0 Å². The largest absolute Gasteiger partial charge is 0.497 e. The van der Waals surface area contributed by atoms with Crippen LogP contribution in [0.25, 0.3) is 6.08 Å². The standard InChI is InChI=1S/C21H22FNO3/c1-25-17-10-11-18(20(14-17)26-2)19-4-3-13-23(19)21(24)12-7-15-5-8-16(22)9-6-15/h5-12,14,19H,3-4,13H2,1-2H3/b12-7+. The fraction of sp³-hybridized carbons (Fsp3) is 0.286. The lowest BCUT2D eigenvalue weighted by molar-refractivity contribution is -0.126. The summed E-state index contributed by atoms with van der Waals surface area (Å²) in [6.45, 7) is 0.701. The minimum absolute atomic E-state index is 0.0266. The van der Waals surface area contributed by atoms with Crippen molar-refractivity contribution >= 4 is 12.0 Å². The molecule has 0 radical (unpaired) electrons. The summed E-state index contributed by atoms with van der Waals surface area (Å²) in [7, 11) is 3.23. The molecule has 2 aromatic carbocycles. The quantitative estimate of drug-likeness (QED) is 0.754. The van der Waals surface area contributed by atoms with Crippen LogP contribution in [0.5, 0.6) is 11.5 Å². The van der Waals surface area contributed by atoms with Crippen molar-refractivity contribution in [2.75, 3.05) is 20.8 Å². The number of hydrogen-bond donors (Lipinski definition) is 0. The molecule has 3 rings (SSSR count). The molecular weight excluding hydrogens is 333 g/mol. The molecule has 26 heavy (non-hydrogen) atoms. The van der Waals surface area contributed by atoms with E-state index in [-0.39, 0.29) is 17.8 Å². The summed E-state index contributed by atoms with van der Waals surface area (Å²) in [6, 6.07) is 11.7. The molecule has 0 N–H and O–H groups in total. The fourth-order valence-corrected chi connectivity index (χ4v) is 3.28. The Labute approximate surface area is 152 Å². The zero-order chi connectivity index (χ0) is 18.5. The summed E-state index contributed by atoms with van der Waals surface area (Å²) in [4.78, 5) is 14.5. The van der Waals surface area contributed by atoms with Crippen LogP contribution in [0.3, 0.4) is 0 Å². The van der Waals surface area contributed by atoms with Gasteiger partial charge in [0.2, 0.25) is 5.91 Å². The van der Waals surface area contributed by atoms with Gasteiger partial charge in [0.15, 0.2) is 0 Å². The van der Waals surface area contributed by atoms with Gasteiger partial charge in [0, 0.05) is 24.3 Å². The van der Waals surface area contributed by atoms with E-state index in [1.807, 2.05) is 23.1 Å². The first-order valence-electron chi connectivity index (χ1n) is 8.58. The van der Waals surface area contributed by atoms with Gasteiger partial charge in [-0.3, -0.25) is 4.79 Å². The van der Waals surface area contributed by atoms with Crippen LogP contribution in [-0.4, -0.2) is 31.6 Å². The SMILES string of the molecule is COc1ccc(C2CCCN2C(=O)/C=C/c2ccc(F)cc2)c(OC)c1. The van der Waals surface area contributed by atoms with Crippen molar-refractivity contribution in [3.05, 3.63) is 65.5 Å². The summed E-state index contributed by atoms with van der Waals surface area (Å²) >= 11 is 0. The normalized spacial score (nSPS) is 16.9. The molecule has 2 aromatic rings. The molecule has 1 unspecified atom stereocenters. The Bertz CT molecular complexity index is 801. The van der Waals surface area contributed by atoms with Gasteiger partial charge in [-0.05, 0) is 48.7 Å². The Morgan fingerprint density at radius 1 is 1.15 bits per heavy atom. The molecule has 1 fully saturated rings. The third-order valence-corrected chi connectivity index (χ3v) is 4.62. The number of likely N-dealkylation sites (tertiary alicyclic amines) is 1. The summed E-state index contributed by atoms with van der Waals surface area (Å²) in [5.41, 5.74) is 1.77. The van der Waals surface area contributed by atoms with Crippen LogP contribution in [0.4, 0.5) is 4.39 Å². The Morgan fingerprint density at radius 2 is 1.92 bits per heavy atom. The third-order valence-electron chi connectivity index (χ3n) is 4.62. The number of rotatable bonds is 5. The highest BCUT2D eigenvalue weighted by Crippen LogP contribution is 2.38. The van der Waals surface area contributed by atoms with E-state index >= 15 is 0 Å². The smallest absolute Gasteiger partial charge is 0.247 e. The number of hydrogen-bond acceptors (Lipinski definition) is 3. The van der Waals surface area contributed by atoms with Crippen LogP contribution in [0, 0.1) is 5.82 Å². The summed E-state index contributed by atoms with van der Waals surface area (Å²) < 4.78 is 23.7. The molecule has 1 amide bonds. The Kier molecular flexibility index (Phi) is 5.56. The number of carbonyl (C=O) groups is 1. The van der Waals surface area contributed by atoms with Gasteiger partial charge in [-0.1, -0.05) is 12.1 Å². The molecule has 1 saturated heterocycles. The van der Waals surface area contributed by atoms with E-state index in [2.05, 4.69) is 0 Å². The molecule has 0 spiro atoms. The third kappa shape index (κ3) is 3.87. The first-order chi connectivity index (χ1) is 12.6. The van der Waals surface area contributed by atoms with Gasteiger partial charge in [-0.25, -0.2) is 4.39 Å². The van der Waals surface area contributed by atoms with Crippen LogP contribution < -0.4 is 9.47 Å². The minimum atomic E-state index is -0.292. The molecular formula is C21H22FNO3. The van der Waals surface area contributed by atoms with Gasteiger partial charge in [0.1, 0.15) is 17.3 Å². The zero-order valence-corrected chi connectivity index (χ0v) is 14.9. The average molecular weight is 355 g/mol. The molecule has 1 aliphatic heterocycles. The van der Waals surface area contributed by atoms with E-state index in [1.165, 1.54) is 12.1 Å². The van der Waals surface area contributed by atoms with Gasteiger partial charge in [0.05, 0.1) is 20.3 Å². The number of halogens is 1. The molecule has 0 aromatic heterocycles. The van der Waals surface area contributed by atoms with Crippen molar-refractivity contribution in [2.24, 2.45) is 0 Å². The van der Waals surface area contributed by atoms with Gasteiger partial charge in [0.25, 0.3) is 0 Å². The Balaban J connectivity index is 1.79. The van der Waals surface area contributed by atoms with Crippen LogP contribution in [0.2, 0.25) is 0 Å². The molecule has 1 atom stereocenters. The van der Waals surface area contributed by atoms with Crippen molar-refractivity contribution in [3.63, 3.8) is 0 Å². The fourth-order valence-electron chi connectivity index (χ4n) is 3.28. The molecule has 1 heterocycles. The predicted molar refractivity (Wildman–Crippen MR) is 98.7 cm³/mol. The second kappa shape index (κ2) is 8.04. The maximum Gasteiger partial charge on any atom is 0.247 e. The van der Waals surface area contributed by atoms with Gasteiger partial charge < -0.3 is 14.4 Å². The number of ether oxygens (including phenoxy) is 2.